The quantitative estimate of drug-likeness (QED) is 0.737. The minimum atomic E-state index is -0.169. The van der Waals surface area contributed by atoms with Crippen LogP contribution in [0.15, 0.2) is 0 Å². The lowest BCUT2D eigenvalue weighted by Gasteiger charge is -2.28. The summed E-state index contributed by atoms with van der Waals surface area (Å²) in [5, 5.41) is 0. The molecule has 2 aliphatic rings. The maximum atomic E-state index is 11.5. The fraction of sp³-hybridized carbons (Fsp3) is 0.889. The van der Waals surface area contributed by atoms with Gasteiger partial charge in [-0.25, -0.2) is 4.79 Å². The van der Waals surface area contributed by atoms with E-state index in [9.17, 15) is 4.79 Å². The highest BCUT2D eigenvalue weighted by Gasteiger charge is 2.35. The van der Waals surface area contributed by atoms with Crippen molar-refractivity contribution >= 4 is 17.9 Å². The fourth-order valence-electron chi connectivity index (χ4n) is 1.96. The molecule has 0 spiro atoms. The molecule has 2 fully saturated rings. The average Bonchev–Trinajstić information content (AvgIpc) is 2.61. The van der Waals surface area contributed by atoms with Gasteiger partial charge in [-0.05, 0) is 24.3 Å². The molecule has 0 unspecified atom stereocenters. The Labute approximate surface area is 88.1 Å². The zero-order valence-corrected chi connectivity index (χ0v) is 8.96. The molecule has 2 N–H and O–H groups in total. The molecule has 0 bridgehead atoms. The van der Waals surface area contributed by atoms with Crippen LogP contribution in [0.4, 0.5) is 4.79 Å². The summed E-state index contributed by atoms with van der Waals surface area (Å²) in [6.07, 6.45) is 1.93. The lowest BCUT2D eigenvalue weighted by atomic mass is 10.1. The topological polar surface area (TPSA) is 55.6 Å². The summed E-state index contributed by atoms with van der Waals surface area (Å²) in [7, 11) is 0. The van der Waals surface area contributed by atoms with Crippen molar-refractivity contribution < 1.29 is 9.53 Å². The van der Waals surface area contributed by atoms with E-state index in [2.05, 4.69) is 0 Å². The first kappa shape index (κ1) is 10.1. The first-order chi connectivity index (χ1) is 6.81. The van der Waals surface area contributed by atoms with Gasteiger partial charge in [-0.3, -0.25) is 0 Å². The highest BCUT2D eigenvalue weighted by molar-refractivity contribution is 7.99. The van der Waals surface area contributed by atoms with E-state index in [4.69, 9.17) is 10.5 Å². The second-order valence-corrected chi connectivity index (χ2v) is 4.96. The Balaban J connectivity index is 1.93. The van der Waals surface area contributed by atoms with E-state index in [0.717, 1.165) is 24.3 Å². The molecule has 14 heavy (non-hydrogen) atoms. The normalized spacial score (nSPS) is 29.4. The summed E-state index contributed by atoms with van der Waals surface area (Å²) in [5.74, 6) is 2.31. The Morgan fingerprint density at radius 2 is 2.21 bits per heavy atom. The molecule has 0 aliphatic carbocycles. The Kier molecular flexibility index (Phi) is 3.18. The van der Waals surface area contributed by atoms with Crippen LogP contribution in [0.5, 0.6) is 0 Å². The molecule has 0 aromatic heterocycles. The molecule has 0 saturated carbocycles. The van der Waals surface area contributed by atoms with E-state index in [-0.39, 0.29) is 12.2 Å². The molecular weight excluding hydrogens is 200 g/mol. The lowest BCUT2D eigenvalue weighted by molar-refractivity contribution is 0.129. The number of nitrogens with two attached hydrogens (primary N) is 1. The van der Waals surface area contributed by atoms with Crippen molar-refractivity contribution in [1.29, 1.82) is 0 Å². The third-order valence-electron chi connectivity index (χ3n) is 2.80. The van der Waals surface area contributed by atoms with Crippen LogP contribution < -0.4 is 5.73 Å². The number of nitrogens with zero attached hydrogens (tertiary/aromatic N) is 1. The van der Waals surface area contributed by atoms with Crippen LogP contribution in [0, 0.1) is 0 Å². The maximum absolute atomic E-state index is 11.5. The second-order valence-electron chi connectivity index (χ2n) is 3.74. The number of cyclic esters (lactones) is 1. The largest absolute Gasteiger partial charge is 0.443 e. The Morgan fingerprint density at radius 3 is 2.79 bits per heavy atom. The van der Waals surface area contributed by atoms with Crippen LogP contribution in [0.25, 0.3) is 0 Å². The van der Waals surface area contributed by atoms with Gasteiger partial charge in [0, 0.05) is 12.6 Å². The van der Waals surface area contributed by atoms with Crippen LogP contribution in [0.3, 0.4) is 0 Å². The van der Waals surface area contributed by atoms with Crippen LogP contribution in [0.2, 0.25) is 0 Å². The molecule has 4 nitrogen and oxygen atoms in total. The van der Waals surface area contributed by atoms with Gasteiger partial charge in [-0.15, -0.1) is 0 Å². The minimum Gasteiger partial charge on any atom is -0.443 e. The number of rotatable bonds is 2. The van der Waals surface area contributed by atoms with E-state index in [0.29, 0.717) is 19.1 Å². The van der Waals surface area contributed by atoms with E-state index in [1.807, 2.05) is 16.7 Å². The predicted molar refractivity (Wildman–Crippen MR) is 56.4 cm³/mol. The lowest BCUT2D eigenvalue weighted by Crippen LogP contribution is -2.39. The fourth-order valence-corrected chi connectivity index (χ4v) is 3.04. The second kappa shape index (κ2) is 4.40. The molecule has 5 heteroatoms. The summed E-state index contributed by atoms with van der Waals surface area (Å²) >= 11 is 1.96. The summed E-state index contributed by atoms with van der Waals surface area (Å²) in [5.41, 5.74) is 5.48. The molecule has 2 saturated heterocycles. The molecule has 1 atom stereocenters. The van der Waals surface area contributed by atoms with Gasteiger partial charge in [0.2, 0.25) is 0 Å². The van der Waals surface area contributed by atoms with Crippen molar-refractivity contribution in [3.63, 3.8) is 0 Å². The number of thioether (sulfide) groups is 1. The van der Waals surface area contributed by atoms with E-state index in [1.54, 1.807) is 0 Å². The monoisotopic (exact) mass is 216 g/mol. The molecule has 0 radical (unpaired) electrons. The number of ether oxygens (including phenoxy) is 1. The van der Waals surface area contributed by atoms with Gasteiger partial charge in [0.1, 0.15) is 6.10 Å². The van der Waals surface area contributed by atoms with Crippen LogP contribution in [-0.2, 0) is 4.74 Å². The summed E-state index contributed by atoms with van der Waals surface area (Å²) < 4.78 is 5.13. The van der Waals surface area contributed by atoms with Gasteiger partial charge in [-0.1, -0.05) is 0 Å². The smallest absolute Gasteiger partial charge is 0.410 e. The molecule has 2 aliphatic heterocycles. The van der Waals surface area contributed by atoms with Crippen molar-refractivity contribution in [2.75, 3.05) is 24.6 Å². The van der Waals surface area contributed by atoms with Crippen LogP contribution in [0.1, 0.15) is 12.8 Å². The standard InChI is InChI=1S/C9H16N2O2S/c10-5-8-6-11(9(12)13-8)7-1-3-14-4-2-7/h7-8H,1-6,10H2/t8-/m0/s1. The van der Waals surface area contributed by atoms with Crippen LogP contribution in [-0.4, -0.2) is 47.7 Å². The SMILES string of the molecule is NC[C@H]1CN(C2CCSCC2)C(=O)O1. The Morgan fingerprint density at radius 1 is 1.50 bits per heavy atom. The van der Waals surface area contributed by atoms with Crippen molar-refractivity contribution in [1.82, 2.24) is 4.90 Å². The van der Waals surface area contributed by atoms with Gasteiger partial charge in [0.15, 0.2) is 0 Å². The summed E-state index contributed by atoms with van der Waals surface area (Å²) in [6.45, 7) is 1.12. The zero-order chi connectivity index (χ0) is 9.97. The summed E-state index contributed by atoms with van der Waals surface area (Å²) in [4.78, 5) is 13.3. The van der Waals surface area contributed by atoms with Gasteiger partial charge in [0.25, 0.3) is 0 Å². The third kappa shape index (κ3) is 1.98. The molecule has 0 aromatic carbocycles. The number of carbonyl (C=O) groups is 1. The first-order valence-corrected chi connectivity index (χ1v) is 6.22. The van der Waals surface area contributed by atoms with Gasteiger partial charge < -0.3 is 15.4 Å². The maximum Gasteiger partial charge on any atom is 0.410 e. The van der Waals surface area contributed by atoms with Crippen molar-refractivity contribution in [2.45, 2.75) is 25.0 Å². The van der Waals surface area contributed by atoms with E-state index < -0.39 is 0 Å². The van der Waals surface area contributed by atoms with Gasteiger partial charge in [0.05, 0.1) is 6.54 Å². The number of hydrogen-bond donors (Lipinski definition) is 1. The molecule has 80 valence electrons. The Hall–Kier alpha value is -0.420. The van der Waals surface area contributed by atoms with Crippen molar-refractivity contribution in [3.05, 3.63) is 0 Å². The Bertz CT molecular complexity index is 219. The third-order valence-corrected chi connectivity index (χ3v) is 3.85. The predicted octanol–water partition coefficient (Wildman–Crippen LogP) is 0.661. The number of amides is 1. The zero-order valence-electron chi connectivity index (χ0n) is 8.15. The highest BCUT2D eigenvalue weighted by atomic mass is 32.2. The molecule has 1 amide bonds. The highest BCUT2D eigenvalue weighted by Crippen LogP contribution is 2.25. The number of carbonyl (C=O) groups excluding carboxylic acids is 1. The average molecular weight is 216 g/mol. The molecular formula is C9H16N2O2S. The van der Waals surface area contributed by atoms with Gasteiger partial charge >= 0.3 is 6.09 Å². The summed E-state index contributed by atoms with van der Waals surface area (Å²) in [6, 6.07) is 0.389. The van der Waals surface area contributed by atoms with Gasteiger partial charge in [-0.2, -0.15) is 11.8 Å². The molecule has 0 aromatic rings. The van der Waals surface area contributed by atoms with Crippen molar-refractivity contribution in [3.8, 4) is 0 Å². The molecule has 2 rings (SSSR count). The number of hydrogen-bond acceptors (Lipinski definition) is 4. The first-order valence-electron chi connectivity index (χ1n) is 5.06. The van der Waals surface area contributed by atoms with Crippen LogP contribution >= 0.6 is 11.8 Å². The molecule has 2 heterocycles. The van der Waals surface area contributed by atoms with E-state index in [1.165, 1.54) is 0 Å². The van der Waals surface area contributed by atoms with E-state index >= 15 is 0 Å². The van der Waals surface area contributed by atoms with Crippen molar-refractivity contribution in [2.24, 2.45) is 5.73 Å². The minimum absolute atomic E-state index is 0.0860.